The number of benzene rings is 1. The maximum atomic E-state index is 13.2. The van der Waals surface area contributed by atoms with Crippen LogP contribution in [0.4, 0.5) is 4.39 Å². The molecule has 1 atom stereocenters. The van der Waals surface area contributed by atoms with E-state index in [1.807, 2.05) is 19.9 Å². The Kier molecular flexibility index (Phi) is 2.98. The summed E-state index contributed by atoms with van der Waals surface area (Å²) in [6, 6.07) is 6.29. The van der Waals surface area contributed by atoms with Crippen molar-refractivity contribution in [2.24, 2.45) is 0 Å². The van der Waals surface area contributed by atoms with Gasteiger partial charge in [-0.3, -0.25) is 0 Å². The van der Waals surface area contributed by atoms with E-state index in [-0.39, 0.29) is 5.82 Å². The van der Waals surface area contributed by atoms with E-state index in [1.54, 1.807) is 17.7 Å². The molecule has 1 aromatic heterocycles. The van der Waals surface area contributed by atoms with Gasteiger partial charge in [0.15, 0.2) is 0 Å². The van der Waals surface area contributed by atoms with Gasteiger partial charge in [-0.15, -0.1) is 0 Å². The van der Waals surface area contributed by atoms with Crippen molar-refractivity contribution >= 4 is 0 Å². The summed E-state index contributed by atoms with van der Waals surface area (Å²) >= 11 is 0. The molecule has 0 aliphatic carbocycles. The molecule has 17 heavy (non-hydrogen) atoms. The summed E-state index contributed by atoms with van der Waals surface area (Å²) in [6.45, 7) is 5.44. The fraction of sp³-hybridized carbons (Fsp3) is 0.308. The minimum Gasteiger partial charge on any atom is -0.389 e. The van der Waals surface area contributed by atoms with Crippen molar-refractivity contribution in [3.8, 4) is 5.69 Å². The van der Waals surface area contributed by atoms with E-state index in [2.05, 4.69) is 5.10 Å². The van der Waals surface area contributed by atoms with Crippen LogP contribution >= 0.6 is 0 Å². The third-order valence-electron chi connectivity index (χ3n) is 2.68. The highest BCUT2D eigenvalue weighted by molar-refractivity contribution is 5.43. The van der Waals surface area contributed by atoms with Crippen molar-refractivity contribution in [2.75, 3.05) is 0 Å². The van der Waals surface area contributed by atoms with E-state index in [1.165, 1.54) is 12.1 Å². The fourth-order valence-corrected chi connectivity index (χ4v) is 1.93. The average Bonchev–Trinajstić information content (AvgIpc) is 2.57. The number of aliphatic hydroxyl groups is 1. The molecule has 1 unspecified atom stereocenters. The Morgan fingerprint density at radius 3 is 2.53 bits per heavy atom. The predicted molar refractivity (Wildman–Crippen MR) is 63.6 cm³/mol. The maximum absolute atomic E-state index is 13.2. The zero-order valence-electron chi connectivity index (χ0n) is 10.1. The molecule has 2 rings (SSSR count). The molecule has 0 aliphatic rings. The topological polar surface area (TPSA) is 38.0 Å². The van der Waals surface area contributed by atoms with Crippen molar-refractivity contribution in [1.82, 2.24) is 9.78 Å². The molecule has 4 heteroatoms. The molecule has 0 bridgehead atoms. The SMILES string of the molecule is Cc1cc(C)n(-c2ccc(F)cc2C(C)O)n1. The van der Waals surface area contributed by atoms with Gasteiger partial charge in [-0.2, -0.15) is 5.10 Å². The summed E-state index contributed by atoms with van der Waals surface area (Å²) in [5.41, 5.74) is 3.10. The Labute approximate surface area is 99.5 Å². The van der Waals surface area contributed by atoms with Crippen LogP contribution in [0.5, 0.6) is 0 Å². The van der Waals surface area contributed by atoms with Crippen LogP contribution in [0.2, 0.25) is 0 Å². The second-order valence-electron chi connectivity index (χ2n) is 4.22. The lowest BCUT2D eigenvalue weighted by Gasteiger charge is -2.13. The number of aryl methyl sites for hydroxylation is 2. The largest absolute Gasteiger partial charge is 0.389 e. The summed E-state index contributed by atoms with van der Waals surface area (Å²) in [6.07, 6.45) is -0.732. The third kappa shape index (κ3) is 2.22. The number of hydrogen-bond donors (Lipinski definition) is 1. The van der Waals surface area contributed by atoms with Gasteiger partial charge in [-0.1, -0.05) is 0 Å². The summed E-state index contributed by atoms with van der Waals surface area (Å²) in [7, 11) is 0. The molecule has 0 aliphatic heterocycles. The fourth-order valence-electron chi connectivity index (χ4n) is 1.93. The molecule has 0 saturated heterocycles. The standard InChI is InChI=1S/C13H15FN2O/c1-8-6-9(2)16(15-8)13-5-4-11(14)7-12(13)10(3)17/h4-7,10,17H,1-3H3. The molecule has 0 saturated carbocycles. The summed E-state index contributed by atoms with van der Waals surface area (Å²) < 4.78 is 14.9. The molecule has 1 N–H and O–H groups in total. The Balaban J connectivity index is 2.62. The predicted octanol–water partition coefficient (Wildman–Crippen LogP) is 2.68. The Hall–Kier alpha value is -1.68. The number of halogens is 1. The minimum atomic E-state index is -0.732. The lowest BCUT2D eigenvalue weighted by Crippen LogP contribution is -2.06. The molecular weight excluding hydrogens is 219 g/mol. The van der Waals surface area contributed by atoms with Gasteiger partial charge in [0.05, 0.1) is 17.5 Å². The molecule has 0 amide bonds. The van der Waals surface area contributed by atoms with Crippen molar-refractivity contribution < 1.29 is 9.50 Å². The van der Waals surface area contributed by atoms with Crippen LogP contribution < -0.4 is 0 Å². The smallest absolute Gasteiger partial charge is 0.123 e. The van der Waals surface area contributed by atoms with Crippen LogP contribution in [0.25, 0.3) is 5.69 Å². The van der Waals surface area contributed by atoms with Crippen molar-refractivity contribution in [2.45, 2.75) is 26.9 Å². The molecule has 0 fully saturated rings. The van der Waals surface area contributed by atoms with Gasteiger partial charge in [0.2, 0.25) is 0 Å². The summed E-state index contributed by atoms with van der Waals surface area (Å²) in [5, 5.41) is 14.0. The van der Waals surface area contributed by atoms with E-state index < -0.39 is 6.10 Å². The van der Waals surface area contributed by atoms with Crippen LogP contribution in [0.1, 0.15) is 30.0 Å². The van der Waals surface area contributed by atoms with Gasteiger partial charge < -0.3 is 5.11 Å². The quantitative estimate of drug-likeness (QED) is 0.867. The van der Waals surface area contributed by atoms with Crippen molar-refractivity contribution in [3.05, 3.63) is 47.0 Å². The highest BCUT2D eigenvalue weighted by atomic mass is 19.1. The second kappa shape index (κ2) is 4.30. The lowest BCUT2D eigenvalue weighted by molar-refractivity contribution is 0.198. The zero-order valence-corrected chi connectivity index (χ0v) is 10.1. The second-order valence-corrected chi connectivity index (χ2v) is 4.22. The van der Waals surface area contributed by atoms with Crippen LogP contribution in [0, 0.1) is 19.7 Å². The summed E-state index contributed by atoms with van der Waals surface area (Å²) in [4.78, 5) is 0. The van der Waals surface area contributed by atoms with Crippen molar-refractivity contribution in [3.63, 3.8) is 0 Å². The Morgan fingerprint density at radius 2 is 2.00 bits per heavy atom. The van der Waals surface area contributed by atoms with E-state index >= 15 is 0 Å². The zero-order chi connectivity index (χ0) is 12.6. The first-order chi connectivity index (χ1) is 7.99. The highest BCUT2D eigenvalue weighted by Crippen LogP contribution is 2.23. The van der Waals surface area contributed by atoms with E-state index in [0.29, 0.717) is 11.3 Å². The van der Waals surface area contributed by atoms with E-state index in [0.717, 1.165) is 11.4 Å². The van der Waals surface area contributed by atoms with Crippen molar-refractivity contribution in [1.29, 1.82) is 0 Å². The van der Waals surface area contributed by atoms with Gasteiger partial charge in [-0.25, -0.2) is 9.07 Å². The van der Waals surface area contributed by atoms with Crippen LogP contribution in [0.3, 0.4) is 0 Å². The van der Waals surface area contributed by atoms with Gasteiger partial charge in [0, 0.05) is 11.3 Å². The lowest BCUT2D eigenvalue weighted by atomic mass is 10.1. The number of rotatable bonds is 2. The Morgan fingerprint density at radius 1 is 1.29 bits per heavy atom. The first-order valence-corrected chi connectivity index (χ1v) is 5.50. The maximum Gasteiger partial charge on any atom is 0.123 e. The van der Waals surface area contributed by atoms with Gasteiger partial charge in [-0.05, 0) is 45.0 Å². The van der Waals surface area contributed by atoms with E-state index in [4.69, 9.17) is 0 Å². The van der Waals surface area contributed by atoms with Crippen LogP contribution in [0.15, 0.2) is 24.3 Å². The molecule has 90 valence electrons. The molecule has 3 nitrogen and oxygen atoms in total. The average molecular weight is 234 g/mol. The van der Waals surface area contributed by atoms with Gasteiger partial charge in [0.1, 0.15) is 5.82 Å². The van der Waals surface area contributed by atoms with E-state index in [9.17, 15) is 9.50 Å². The number of aliphatic hydroxyl groups excluding tert-OH is 1. The third-order valence-corrected chi connectivity index (χ3v) is 2.68. The number of nitrogens with zero attached hydrogens (tertiary/aromatic N) is 2. The normalized spacial score (nSPS) is 12.8. The van der Waals surface area contributed by atoms with Crippen LogP contribution in [-0.2, 0) is 0 Å². The molecule has 0 spiro atoms. The van der Waals surface area contributed by atoms with Gasteiger partial charge in [0.25, 0.3) is 0 Å². The highest BCUT2D eigenvalue weighted by Gasteiger charge is 2.13. The van der Waals surface area contributed by atoms with Gasteiger partial charge >= 0.3 is 0 Å². The number of aromatic nitrogens is 2. The molecule has 2 aromatic rings. The molecular formula is C13H15FN2O. The van der Waals surface area contributed by atoms with Crippen LogP contribution in [-0.4, -0.2) is 14.9 Å². The molecule has 1 aromatic carbocycles. The Bertz CT molecular complexity index is 546. The first kappa shape index (κ1) is 11.8. The monoisotopic (exact) mass is 234 g/mol. The number of hydrogen-bond acceptors (Lipinski definition) is 2. The molecule has 0 radical (unpaired) electrons. The first-order valence-electron chi connectivity index (χ1n) is 5.50. The molecule has 1 heterocycles. The summed E-state index contributed by atoms with van der Waals surface area (Å²) in [5.74, 6) is -0.355. The minimum absolute atomic E-state index is 0.355.